The van der Waals surface area contributed by atoms with Crippen molar-refractivity contribution in [2.45, 2.75) is 39.2 Å². The molecule has 1 unspecified atom stereocenters. The molecule has 0 fully saturated rings. The Morgan fingerprint density at radius 1 is 1.43 bits per heavy atom. The molecule has 0 aliphatic rings. The smallest absolute Gasteiger partial charge is 0.260 e. The molecule has 21 heavy (non-hydrogen) atoms. The number of ether oxygens (including phenoxy) is 2. The van der Waals surface area contributed by atoms with Crippen molar-refractivity contribution >= 4 is 5.91 Å². The molecule has 118 valence electrons. The number of para-hydroxylation sites is 1. The van der Waals surface area contributed by atoms with Crippen LogP contribution in [0.1, 0.15) is 32.3 Å². The molecule has 0 spiro atoms. The number of hydrogen-bond acceptors (Lipinski definition) is 4. The molecule has 1 aromatic rings. The maximum Gasteiger partial charge on any atom is 0.260 e. The number of nitrogens with one attached hydrogen (secondary N) is 1. The number of nitrogens with two attached hydrogens (primary N) is 1. The summed E-state index contributed by atoms with van der Waals surface area (Å²) in [4.78, 5) is 12.0. The second-order valence-electron chi connectivity index (χ2n) is 4.89. The van der Waals surface area contributed by atoms with Gasteiger partial charge in [-0.15, -0.1) is 0 Å². The normalized spacial score (nSPS) is 11.8. The van der Waals surface area contributed by atoms with Crippen molar-refractivity contribution in [3.8, 4) is 11.5 Å². The fourth-order valence-corrected chi connectivity index (χ4v) is 1.97. The molecule has 0 aromatic heterocycles. The van der Waals surface area contributed by atoms with E-state index in [9.17, 15) is 4.79 Å². The molecule has 1 aromatic carbocycles. The standard InChI is InChI=1S/C16H26N2O3/c1-4-5-11-18-16(19)12(2)21-15-13(9-10-17)7-6-8-14(15)20-3/h6-8,12H,4-5,9-11,17H2,1-3H3,(H,18,19). The fraction of sp³-hybridized carbons (Fsp3) is 0.562. The number of benzene rings is 1. The molecular formula is C16H26N2O3. The van der Waals surface area contributed by atoms with E-state index >= 15 is 0 Å². The van der Waals surface area contributed by atoms with E-state index in [2.05, 4.69) is 12.2 Å². The second-order valence-corrected chi connectivity index (χ2v) is 4.89. The van der Waals surface area contributed by atoms with Gasteiger partial charge >= 0.3 is 0 Å². The van der Waals surface area contributed by atoms with Crippen LogP contribution in [-0.4, -0.2) is 32.2 Å². The van der Waals surface area contributed by atoms with E-state index in [0.29, 0.717) is 31.0 Å². The Bertz CT molecular complexity index is 449. The van der Waals surface area contributed by atoms with Crippen LogP contribution in [0.15, 0.2) is 18.2 Å². The Hall–Kier alpha value is -1.75. The van der Waals surface area contributed by atoms with E-state index in [4.69, 9.17) is 15.2 Å². The van der Waals surface area contributed by atoms with Crippen LogP contribution in [0.4, 0.5) is 0 Å². The summed E-state index contributed by atoms with van der Waals surface area (Å²) in [6.45, 7) is 5.01. The molecule has 3 N–H and O–H groups in total. The first kappa shape index (κ1) is 17.3. The third-order valence-electron chi connectivity index (χ3n) is 3.19. The van der Waals surface area contributed by atoms with Crippen LogP contribution in [0.3, 0.4) is 0 Å². The first-order valence-electron chi connectivity index (χ1n) is 7.44. The van der Waals surface area contributed by atoms with Crippen molar-refractivity contribution in [1.29, 1.82) is 0 Å². The predicted molar refractivity (Wildman–Crippen MR) is 83.8 cm³/mol. The molecule has 0 aliphatic carbocycles. The van der Waals surface area contributed by atoms with Gasteiger partial charge in [0.1, 0.15) is 0 Å². The third kappa shape index (κ3) is 5.27. The van der Waals surface area contributed by atoms with E-state index < -0.39 is 6.10 Å². The van der Waals surface area contributed by atoms with Crippen LogP contribution >= 0.6 is 0 Å². The molecule has 5 heteroatoms. The minimum absolute atomic E-state index is 0.118. The Balaban J connectivity index is 2.77. The van der Waals surface area contributed by atoms with Gasteiger partial charge in [0.15, 0.2) is 17.6 Å². The van der Waals surface area contributed by atoms with Gasteiger partial charge in [0.25, 0.3) is 5.91 Å². The van der Waals surface area contributed by atoms with Gasteiger partial charge in [0.05, 0.1) is 7.11 Å². The summed E-state index contributed by atoms with van der Waals surface area (Å²) in [6, 6.07) is 5.64. The average Bonchev–Trinajstić information content (AvgIpc) is 2.49. The zero-order chi connectivity index (χ0) is 15.7. The average molecular weight is 294 g/mol. The lowest BCUT2D eigenvalue weighted by atomic mass is 10.1. The molecule has 0 heterocycles. The zero-order valence-electron chi connectivity index (χ0n) is 13.1. The van der Waals surface area contributed by atoms with Gasteiger partial charge in [0.2, 0.25) is 0 Å². The highest BCUT2D eigenvalue weighted by molar-refractivity contribution is 5.80. The summed E-state index contributed by atoms with van der Waals surface area (Å²) in [5.41, 5.74) is 6.57. The molecular weight excluding hydrogens is 268 g/mol. The van der Waals surface area contributed by atoms with Gasteiger partial charge < -0.3 is 20.5 Å². The van der Waals surface area contributed by atoms with Gasteiger partial charge in [0, 0.05) is 6.54 Å². The zero-order valence-corrected chi connectivity index (χ0v) is 13.1. The molecule has 0 saturated heterocycles. The van der Waals surface area contributed by atoms with E-state index in [0.717, 1.165) is 18.4 Å². The topological polar surface area (TPSA) is 73.6 Å². The van der Waals surface area contributed by atoms with E-state index in [1.807, 2.05) is 18.2 Å². The summed E-state index contributed by atoms with van der Waals surface area (Å²) in [6.07, 6.45) is 2.11. The van der Waals surface area contributed by atoms with E-state index in [1.54, 1.807) is 14.0 Å². The number of rotatable bonds is 9. The SMILES string of the molecule is CCCCNC(=O)C(C)Oc1c(CCN)cccc1OC. The largest absolute Gasteiger partial charge is 0.493 e. The summed E-state index contributed by atoms with van der Waals surface area (Å²) in [7, 11) is 1.58. The minimum Gasteiger partial charge on any atom is -0.493 e. The van der Waals surface area contributed by atoms with E-state index in [1.165, 1.54) is 0 Å². The van der Waals surface area contributed by atoms with Gasteiger partial charge in [-0.05, 0) is 37.9 Å². The van der Waals surface area contributed by atoms with Crippen molar-refractivity contribution in [2.75, 3.05) is 20.2 Å². The monoisotopic (exact) mass is 294 g/mol. The molecule has 0 radical (unpaired) electrons. The Morgan fingerprint density at radius 3 is 2.81 bits per heavy atom. The van der Waals surface area contributed by atoms with Crippen LogP contribution in [-0.2, 0) is 11.2 Å². The number of carbonyl (C=O) groups excluding carboxylic acids is 1. The van der Waals surface area contributed by atoms with Crippen LogP contribution in [0.5, 0.6) is 11.5 Å². The molecule has 1 atom stereocenters. The van der Waals surface area contributed by atoms with Crippen molar-refractivity contribution in [3.63, 3.8) is 0 Å². The molecule has 0 aliphatic heterocycles. The van der Waals surface area contributed by atoms with Crippen molar-refractivity contribution < 1.29 is 14.3 Å². The Morgan fingerprint density at radius 2 is 2.19 bits per heavy atom. The van der Waals surface area contributed by atoms with Crippen molar-refractivity contribution in [3.05, 3.63) is 23.8 Å². The summed E-state index contributed by atoms with van der Waals surface area (Å²) in [5, 5.41) is 2.86. The highest BCUT2D eigenvalue weighted by Crippen LogP contribution is 2.32. The summed E-state index contributed by atoms with van der Waals surface area (Å²) in [5.74, 6) is 1.10. The molecule has 0 saturated carbocycles. The van der Waals surface area contributed by atoms with Gasteiger partial charge in [-0.2, -0.15) is 0 Å². The maximum absolute atomic E-state index is 12.0. The lowest BCUT2D eigenvalue weighted by Crippen LogP contribution is -2.37. The van der Waals surface area contributed by atoms with Gasteiger partial charge in [-0.1, -0.05) is 25.5 Å². The predicted octanol–water partition coefficient (Wildman–Crippen LogP) is 1.88. The summed E-state index contributed by atoms with van der Waals surface area (Å²) >= 11 is 0. The van der Waals surface area contributed by atoms with Gasteiger partial charge in [-0.25, -0.2) is 0 Å². The number of unbranched alkanes of at least 4 members (excludes halogenated alkanes) is 1. The highest BCUT2D eigenvalue weighted by atomic mass is 16.5. The quantitative estimate of drug-likeness (QED) is 0.682. The van der Waals surface area contributed by atoms with Crippen LogP contribution in [0.25, 0.3) is 0 Å². The van der Waals surface area contributed by atoms with Crippen molar-refractivity contribution in [2.24, 2.45) is 5.73 Å². The van der Waals surface area contributed by atoms with Gasteiger partial charge in [-0.3, -0.25) is 4.79 Å². The molecule has 1 amide bonds. The number of amides is 1. The molecule has 0 bridgehead atoms. The van der Waals surface area contributed by atoms with Crippen LogP contribution in [0.2, 0.25) is 0 Å². The highest BCUT2D eigenvalue weighted by Gasteiger charge is 2.18. The molecule has 5 nitrogen and oxygen atoms in total. The number of hydrogen-bond donors (Lipinski definition) is 2. The van der Waals surface area contributed by atoms with Crippen LogP contribution < -0.4 is 20.5 Å². The van der Waals surface area contributed by atoms with E-state index in [-0.39, 0.29) is 5.91 Å². The Labute approximate surface area is 126 Å². The fourth-order valence-electron chi connectivity index (χ4n) is 1.97. The maximum atomic E-state index is 12.0. The number of carbonyl (C=O) groups is 1. The second kappa shape index (κ2) is 9.23. The van der Waals surface area contributed by atoms with Crippen molar-refractivity contribution in [1.82, 2.24) is 5.32 Å². The Kier molecular flexibility index (Phi) is 7.61. The lowest BCUT2D eigenvalue weighted by molar-refractivity contribution is -0.127. The van der Waals surface area contributed by atoms with Crippen LogP contribution in [0, 0.1) is 0 Å². The third-order valence-corrected chi connectivity index (χ3v) is 3.19. The number of methoxy groups -OCH3 is 1. The molecule has 1 rings (SSSR count). The lowest BCUT2D eigenvalue weighted by Gasteiger charge is -2.19. The first-order chi connectivity index (χ1) is 10.1. The summed E-state index contributed by atoms with van der Waals surface area (Å²) < 4.78 is 11.1. The minimum atomic E-state index is -0.574. The first-order valence-corrected chi connectivity index (χ1v) is 7.44.